The zero-order valence-electron chi connectivity index (χ0n) is 12.5. The smallest absolute Gasteiger partial charge is 0.268 e. The Morgan fingerprint density at radius 2 is 2.09 bits per heavy atom. The van der Waals surface area contributed by atoms with Crippen molar-refractivity contribution in [2.75, 3.05) is 0 Å². The molecular weight excluding hydrogens is 294 g/mol. The lowest BCUT2D eigenvalue weighted by Crippen LogP contribution is -2.31. The number of hydrogen-bond donors (Lipinski definition) is 2. The van der Waals surface area contributed by atoms with Gasteiger partial charge in [0.25, 0.3) is 5.91 Å². The molecular formula is C16H15N5O2. The van der Waals surface area contributed by atoms with Crippen LogP contribution in [0.5, 0.6) is 5.75 Å². The summed E-state index contributed by atoms with van der Waals surface area (Å²) in [6.45, 7) is 1.90. The standard InChI is InChI=1S/C16H15N5O2/c1-10-12(16(22)21-17)8-19-14(20-10)9-23-13-6-2-4-11-5-3-7-18-15(11)13/h2-8H,9,17H2,1H3,(H,21,22). The van der Waals surface area contributed by atoms with Crippen molar-refractivity contribution in [2.45, 2.75) is 13.5 Å². The molecule has 1 amide bonds. The average Bonchev–Trinajstić information content (AvgIpc) is 2.59. The molecule has 0 fully saturated rings. The molecule has 1 aromatic carbocycles. The fourth-order valence-corrected chi connectivity index (χ4v) is 2.22. The third kappa shape index (κ3) is 3.09. The van der Waals surface area contributed by atoms with E-state index < -0.39 is 5.91 Å². The minimum atomic E-state index is -0.423. The molecule has 0 aliphatic carbocycles. The van der Waals surface area contributed by atoms with Crippen molar-refractivity contribution in [1.29, 1.82) is 0 Å². The average molecular weight is 309 g/mol. The van der Waals surface area contributed by atoms with E-state index in [9.17, 15) is 4.79 Å². The molecule has 0 atom stereocenters. The second kappa shape index (κ2) is 6.37. The highest BCUT2D eigenvalue weighted by Gasteiger charge is 2.11. The van der Waals surface area contributed by atoms with Crippen LogP contribution in [0.2, 0.25) is 0 Å². The number of para-hydroxylation sites is 1. The molecule has 3 N–H and O–H groups in total. The van der Waals surface area contributed by atoms with E-state index in [4.69, 9.17) is 10.6 Å². The predicted molar refractivity (Wildman–Crippen MR) is 84.5 cm³/mol. The number of nitrogens with one attached hydrogen (secondary N) is 1. The number of carbonyl (C=O) groups excluding carboxylic acids is 1. The molecule has 0 aliphatic heterocycles. The topological polar surface area (TPSA) is 103 Å². The van der Waals surface area contributed by atoms with Crippen LogP contribution in [0.15, 0.2) is 42.7 Å². The molecule has 3 rings (SSSR count). The number of nitrogens with two attached hydrogens (primary N) is 1. The number of aromatic nitrogens is 3. The molecule has 116 valence electrons. The Labute approximate surface area is 132 Å². The molecule has 0 unspecified atom stereocenters. The van der Waals surface area contributed by atoms with Gasteiger partial charge in [-0.25, -0.2) is 15.8 Å². The summed E-state index contributed by atoms with van der Waals surface area (Å²) < 4.78 is 5.77. The van der Waals surface area contributed by atoms with Crippen LogP contribution >= 0.6 is 0 Å². The SMILES string of the molecule is Cc1nc(COc2cccc3cccnc23)ncc1C(=O)NN. The summed E-state index contributed by atoms with van der Waals surface area (Å²) in [4.78, 5) is 24.2. The summed E-state index contributed by atoms with van der Waals surface area (Å²) in [5.74, 6) is 5.83. The number of hydrogen-bond acceptors (Lipinski definition) is 6. The number of rotatable bonds is 4. The van der Waals surface area contributed by atoms with Gasteiger partial charge in [0.05, 0.1) is 11.3 Å². The van der Waals surface area contributed by atoms with Gasteiger partial charge < -0.3 is 4.74 Å². The highest BCUT2D eigenvalue weighted by atomic mass is 16.5. The molecule has 23 heavy (non-hydrogen) atoms. The number of hydrazine groups is 1. The van der Waals surface area contributed by atoms with Crippen LogP contribution in [0.1, 0.15) is 21.9 Å². The first kappa shape index (κ1) is 14.9. The summed E-state index contributed by atoms with van der Waals surface area (Å²) >= 11 is 0. The predicted octanol–water partition coefficient (Wildman–Crippen LogP) is 1.52. The lowest BCUT2D eigenvalue weighted by Gasteiger charge is -2.09. The first-order chi connectivity index (χ1) is 11.2. The van der Waals surface area contributed by atoms with Gasteiger partial charge in [0.15, 0.2) is 5.82 Å². The molecule has 0 bridgehead atoms. The number of nitrogens with zero attached hydrogens (tertiary/aromatic N) is 3. The molecule has 7 nitrogen and oxygen atoms in total. The van der Waals surface area contributed by atoms with Crippen LogP contribution < -0.4 is 16.0 Å². The number of benzene rings is 1. The second-order valence-electron chi connectivity index (χ2n) is 4.88. The minimum absolute atomic E-state index is 0.182. The second-order valence-corrected chi connectivity index (χ2v) is 4.88. The van der Waals surface area contributed by atoms with Crippen LogP contribution in [0.3, 0.4) is 0 Å². The Morgan fingerprint density at radius 3 is 2.87 bits per heavy atom. The van der Waals surface area contributed by atoms with Gasteiger partial charge in [-0.2, -0.15) is 0 Å². The highest BCUT2D eigenvalue weighted by Crippen LogP contribution is 2.23. The van der Waals surface area contributed by atoms with Crippen molar-refractivity contribution in [3.63, 3.8) is 0 Å². The largest absolute Gasteiger partial charge is 0.483 e. The molecule has 0 saturated heterocycles. The molecule has 2 heterocycles. The maximum atomic E-state index is 11.5. The molecule has 2 aromatic heterocycles. The van der Waals surface area contributed by atoms with Gasteiger partial charge in [0.1, 0.15) is 17.9 Å². The summed E-state index contributed by atoms with van der Waals surface area (Å²) in [5, 5.41) is 0.997. The van der Waals surface area contributed by atoms with Crippen LogP contribution in [-0.2, 0) is 6.61 Å². The maximum absolute atomic E-state index is 11.5. The van der Waals surface area contributed by atoms with Crippen LogP contribution in [0, 0.1) is 6.92 Å². The van der Waals surface area contributed by atoms with E-state index in [1.807, 2.05) is 30.3 Å². The van der Waals surface area contributed by atoms with E-state index in [1.54, 1.807) is 13.1 Å². The van der Waals surface area contributed by atoms with Crippen molar-refractivity contribution < 1.29 is 9.53 Å². The van der Waals surface area contributed by atoms with E-state index in [0.717, 1.165) is 10.9 Å². The maximum Gasteiger partial charge on any atom is 0.268 e. The molecule has 7 heteroatoms. The van der Waals surface area contributed by atoms with Crippen molar-refractivity contribution in [3.05, 3.63) is 59.8 Å². The Bertz CT molecular complexity index is 861. The third-order valence-electron chi connectivity index (χ3n) is 3.36. The van der Waals surface area contributed by atoms with E-state index >= 15 is 0 Å². The monoisotopic (exact) mass is 309 g/mol. The number of ether oxygens (including phenoxy) is 1. The van der Waals surface area contributed by atoms with Gasteiger partial charge in [-0.15, -0.1) is 0 Å². The Balaban J connectivity index is 1.80. The van der Waals surface area contributed by atoms with E-state index in [2.05, 4.69) is 20.4 Å². The Hall–Kier alpha value is -3.06. The van der Waals surface area contributed by atoms with Gasteiger partial charge in [-0.05, 0) is 19.1 Å². The molecule has 3 aromatic rings. The molecule has 0 saturated carbocycles. The lowest BCUT2D eigenvalue weighted by molar-refractivity contribution is 0.0952. The molecule has 0 spiro atoms. The Morgan fingerprint density at radius 1 is 1.26 bits per heavy atom. The quantitative estimate of drug-likeness (QED) is 0.430. The highest BCUT2D eigenvalue weighted by molar-refractivity contribution is 5.94. The van der Waals surface area contributed by atoms with Crippen molar-refractivity contribution in [3.8, 4) is 5.75 Å². The van der Waals surface area contributed by atoms with Crippen LogP contribution in [0.25, 0.3) is 10.9 Å². The fraction of sp³-hybridized carbons (Fsp3) is 0.125. The molecule has 0 radical (unpaired) electrons. The van der Waals surface area contributed by atoms with Crippen molar-refractivity contribution in [2.24, 2.45) is 5.84 Å². The van der Waals surface area contributed by atoms with Gasteiger partial charge in [0.2, 0.25) is 0 Å². The number of pyridine rings is 1. The van der Waals surface area contributed by atoms with E-state index in [-0.39, 0.29) is 6.61 Å². The number of nitrogen functional groups attached to an aromatic ring is 1. The Kier molecular flexibility index (Phi) is 4.11. The number of carbonyl (C=O) groups is 1. The summed E-state index contributed by atoms with van der Waals surface area (Å²) in [6, 6.07) is 9.56. The summed E-state index contributed by atoms with van der Waals surface area (Å²) in [5.41, 5.74) is 3.72. The zero-order valence-corrected chi connectivity index (χ0v) is 12.5. The van der Waals surface area contributed by atoms with Crippen molar-refractivity contribution in [1.82, 2.24) is 20.4 Å². The first-order valence-corrected chi connectivity index (χ1v) is 6.99. The van der Waals surface area contributed by atoms with Crippen LogP contribution in [0.4, 0.5) is 0 Å². The number of fused-ring (bicyclic) bond motifs is 1. The van der Waals surface area contributed by atoms with E-state index in [0.29, 0.717) is 22.8 Å². The minimum Gasteiger partial charge on any atom is -0.483 e. The van der Waals surface area contributed by atoms with Gasteiger partial charge in [-0.1, -0.05) is 18.2 Å². The first-order valence-electron chi connectivity index (χ1n) is 6.99. The van der Waals surface area contributed by atoms with E-state index in [1.165, 1.54) is 6.20 Å². The summed E-state index contributed by atoms with van der Waals surface area (Å²) in [7, 11) is 0. The third-order valence-corrected chi connectivity index (χ3v) is 3.36. The van der Waals surface area contributed by atoms with Gasteiger partial charge in [-0.3, -0.25) is 15.2 Å². The van der Waals surface area contributed by atoms with Gasteiger partial charge in [0, 0.05) is 17.8 Å². The van der Waals surface area contributed by atoms with Crippen molar-refractivity contribution >= 4 is 16.8 Å². The fourth-order valence-electron chi connectivity index (χ4n) is 2.22. The molecule has 0 aliphatic rings. The van der Waals surface area contributed by atoms with Crippen LogP contribution in [-0.4, -0.2) is 20.9 Å². The lowest BCUT2D eigenvalue weighted by atomic mass is 10.2. The number of amides is 1. The summed E-state index contributed by atoms with van der Waals surface area (Å²) in [6.07, 6.45) is 3.15. The number of aryl methyl sites for hydroxylation is 1. The normalized spacial score (nSPS) is 10.5. The zero-order chi connectivity index (χ0) is 16.2. The van der Waals surface area contributed by atoms with Gasteiger partial charge >= 0.3 is 0 Å².